The van der Waals surface area contributed by atoms with Crippen LogP contribution in [0.25, 0.3) is 0 Å². The van der Waals surface area contributed by atoms with E-state index in [1.807, 2.05) is 0 Å². The second-order valence-corrected chi connectivity index (χ2v) is 5.48. The fourth-order valence-electron chi connectivity index (χ4n) is 1.75. The molecule has 1 aliphatic rings. The van der Waals surface area contributed by atoms with Crippen molar-refractivity contribution in [1.82, 2.24) is 0 Å². The molecule has 0 saturated carbocycles. The molecule has 0 amide bonds. The van der Waals surface area contributed by atoms with Crippen molar-refractivity contribution >= 4 is 31.9 Å². The molecule has 14 heavy (non-hydrogen) atoms. The maximum absolute atomic E-state index is 5.66. The molecule has 0 aromatic heterocycles. The molecule has 1 atom stereocenters. The largest absolute Gasteiger partial charge is 0.493 e. The highest BCUT2D eigenvalue weighted by Crippen LogP contribution is 2.40. The van der Waals surface area contributed by atoms with E-state index in [1.165, 1.54) is 11.1 Å². The van der Waals surface area contributed by atoms with Crippen LogP contribution >= 0.6 is 31.9 Å². The minimum atomic E-state index is 0.395. The summed E-state index contributed by atoms with van der Waals surface area (Å²) in [5.74, 6) is 1.09. The van der Waals surface area contributed by atoms with Gasteiger partial charge in [0.1, 0.15) is 5.75 Å². The summed E-state index contributed by atoms with van der Waals surface area (Å²) in [6.45, 7) is 2.99. The summed E-state index contributed by atoms with van der Waals surface area (Å²) in [6, 6.07) is 4.30. The zero-order valence-corrected chi connectivity index (χ0v) is 11.2. The molecule has 1 unspecified atom stereocenters. The Balaban J connectivity index is 2.48. The number of alkyl halides is 1. The van der Waals surface area contributed by atoms with Gasteiger partial charge in [-0.25, -0.2) is 0 Å². The van der Waals surface area contributed by atoms with Crippen molar-refractivity contribution in [2.24, 2.45) is 0 Å². The minimum absolute atomic E-state index is 0.395. The second-order valence-electron chi connectivity index (χ2n) is 3.46. The molecule has 1 heterocycles. The van der Waals surface area contributed by atoms with E-state index in [2.05, 4.69) is 50.9 Å². The van der Waals surface area contributed by atoms with Crippen LogP contribution in [0.15, 0.2) is 16.6 Å². The summed E-state index contributed by atoms with van der Waals surface area (Å²) in [6.07, 6.45) is 2.11. The lowest BCUT2D eigenvalue weighted by Crippen LogP contribution is -1.94. The fraction of sp³-hybridized carbons (Fsp3) is 0.455. The van der Waals surface area contributed by atoms with Gasteiger partial charge in [0.05, 0.1) is 6.61 Å². The molecule has 1 aromatic carbocycles. The summed E-state index contributed by atoms with van der Waals surface area (Å²) in [4.78, 5) is 0.395. The van der Waals surface area contributed by atoms with Gasteiger partial charge in [-0.3, -0.25) is 0 Å². The van der Waals surface area contributed by atoms with Crippen LogP contribution in [0.2, 0.25) is 0 Å². The van der Waals surface area contributed by atoms with E-state index in [9.17, 15) is 0 Å². The predicted octanol–water partition coefficient (Wildman–Crippen LogP) is 4.23. The third kappa shape index (κ3) is 1.84. The zero-order valence-electron chi connectivity index (χ0n) is 8.02. The number of hydrogen-bond acceptors (Lipinski definition) is 1. The number of rotatable bonds is 2. The Kier molecular flexibility index (Phi) is 3.17. The lowest BCUT2D eigenvalue weighted by molar-refractivity contribution is 0.353. The predicted molar refractivity (Wildman–Crippen MR) is 65.3 cm³/mol. The van der Waals surface area contributed by atoms with Gasteiger partial charge in [-0.05, 0) is 24.1 Å². The fourth-order valence-corrected chi connectivity index (χ4v) is 2.61. The molecular formula is C11H12Br2O. The highest BCUT2D eigenvalue weighted by molar-refractivity contribution is 9.10. The van der Waals surface area contributed by atoms with Gasteiger partial charge in [0.2, 0.25) is 0 Å². The van der Waals surface area contributed by atoms with Crippen LogP contribution in [0.3, 0.4) is 0 Å². The molecule has 0 radical (unpaired) electrons. The standard InChI is InChI=1S/C11H12Br2O/c1-2-10(13)9-6-8(12)5-7-3-4-14-11(7)9/h5-6,10H,2-4H2,1H3. The van der Waals surface area contributed by atoms with Crippen LogP contribution in [0.1, 0.15) is 29.3 Å². The van der Waals surface area contributed by atoms with Gasteiger partial charge >= 0.3 is 0 Å². The van der Waals surface area contributed by atoms with Crippen LogP contribution in [0.5, 0.6) is 5.75 Å². The summed E-state index contributed by atoms with van der Waals surface area (Å²) >= 11 is 7.21. The van der Waals surface area contributed by atoms with E-state index in [4.69, 9.17) is 4.74 Å². The summed E-state index contributed by atoms with van der Waals surface area (Å²) in [5, 5.41) is 0. The van der Waals surface area contributed by atoms with E-state index in [1.54, 1.807) is 0 Å². The van der Waals surface area contributed by atoms with Crippen molar-refractivity contribution in [2.45, 2.75) is 24.6 Å². The first-order chi connectivity index (χ1) is 6.72. The SMILES string of the molecule is CCC(Br)c1cc(Br)cc2c1OCC2. The first kappa shape index (κ1) is 10.5. The maximum Gasteiger partial charge on any atom is 0.127 e. The van der Waals surface area contributed by atoms with Gasteiger partial charge in [-0.2, -0.15) is 0 Å². The van der Waals surface area contributed by atoms with Crippen LogP contribution < -0.4 is 4.74 Å². The quantitative estimate of drug-likeness (QED) is 0.741. The van der Waals surface area contributed by atoms with Gasteiger partial charge in [0.15, 0.2) is 0 Å². The molecule has 0 spiro atoms. The third-order valence-electron chi connectivity index (χ3n) is 2.47. The van der Waals surface area contributed by atoms with E-state index in [0.717, 1.165) is 29.7 Å². The minimum Gasteiger partial charge on any atom is -0.493 e. The molecule has 3 heteroatoms. The van der Waals surface area contributed by atoms with E-state index in [-0.39, 0.29) is 0 Å². The highest BCUT2D eigenvalue weighted by atomic mass is 79.9. The monoisotopic (exact) mass is 318 g/mol. The maximum atomic E-state index is 5.66. The number of hydrogen-bond donors (Lipinski definition) is 0. The lowest BCUT2D eigenvalue weighted by Gasteiger charge is -2.12. The third-order valence-corrected chi connectivity index (χ3v) is 4.07. The van der Waals surface area contributed by atoms with Gasteiger partial charge in [-0.1, -0.05) is 38.8 Å². The number of benzene rings is 1. The Morgan fingerprint density at radius 2 is 2.29 bits per heavy atom. The Morgan fingerprint density at radius 3 is 3.00 bits per heavy atom. The molecule has 2 rings (SSSR count). The molecule has 0 N–H and O–H groups in total. The van der Waals surface area contributed by atoms with E-state index >= 15 is 0 Å². The van der Waals surface area contributed by atoms with Crippen molar-refractivity contribution in [1.29, 1.82) is 0 Å². The first-order valence-electron chi connectivity index (χ1n) is 4.81. The topological polar surface area (TPSA) is 9.23 Å². The molecular weight excluding hydrogens is 308 g/mol. The average molecular weight is 320 g/mol. The molecule has 0 aliphatic carbocycles. The summed E-state index contributed by atoms with van der Waals surface area (Å²) < 4.78 is 6.80. The number of fused-ring (bicyclic) bond motifs is 1. The number of ether oxygens (including phenoxy) is 1. The molecule has 0 fully saturated rings. The van der Waals surface area contributed by atoms with Gasteiger partial charge in [-0.15, -0.1) is 0 Å². The Bertz CT molecular complexity index is 349. The molecule has 1 aliphatic heterocycles. The Morgan fingerprint density at radius 1 is 1.50 bits per heavy atom. The Hall–Kier alpha value is -0.0200. The summed E-state index contributed by atoms with van der Waals surface area (Å²) in [5.41, 5.74) is 2.60. The Labute approximate surface area is 101 Å². The van der Waals surface area contributed by atoms with Crippen LogP contribution in [0, 0.1) is 0 Å². The van der Waals surface area contributed by atoms with Crippen molar-refractivity contribution in [2.75, 3.05) is 6.61 Å². The van der Waals surface area contributed by atoms with Crippen molar-refractivity contribution in [3.63, 3.8) is 0 Å². The van der Waals surface area contributed by atoms with Gasteiger partial charge in [0.25, 0.3) is 0 Å². The van der Waals surface area contributed by atoms with Gasteiger partial charge in [0, 0.05) is 21.3 Å². The van der Waals surface area contributed by atoms with Gasteiger partial charge < -0.3 is 4.74 Å². The highest BCUT2D eigenvalue weighted by Gasteiger charge is 2.20. The van der Waals surface area contributed by atoms with Crippen LogP contribution in [0.4, 0.5) is 0 Å². The lowest BCUT2D eigenvalue weighted by atomic mass is 10.0. The van der Waals surface area contributed by atoms with Crippen LogP contribution in [-0.4, -0.2) is 6.61 Å². The molecule has 0 bridgehead atoms. The average Bonchev–Trinajstić information content (AvgIpc) is 2.62. The molecule has 1 nitrogen and oxygen atoms in total. The first-order valence-corrected chi connectivity index (χ1v) is 6.52. The molecule has 1 aromatic rings. The van der Waals surface area contributed by atoms with E-state index in [0.29, 0.717) is 4.83 Å². The molecule has 0 saturated heterocycles. The van der Waals surface area contributed by atoms with Crippen molar-refractivity contribution in [3.8, 4) is 5.75 Å². The van der Waals surface area contributed by atoms with Crippen LogP contribution in [-0.2, 0) is 6.42 Å². The smallest absolute Gasteiger partial charge is 0.127 e. The second kappa shape index (κ2) is 4.23. The normalized spacial score (nSPS) is 16.2. The summed E-state index contributed by atoms with van der Waals surface area (Å²) in [7, 11) is 0. The number of halogens is 2. The van der Waals surface area contributed by atoms with Crippen molar-refractivity contribution in [3.05, 3.63) is 27.7 Å². The van der Waals surface area contributed by atoms with E-state index < -0.39 is 0 Å². The zero-order chi connectivity index (χ0) is 10.1. The van der Waals surface area contributed by atoms with Crippen molar-refractivity contribution < 1.29 is 4.74 Å². The molecule has 76 valence electrons.